The van der Waals surface area contributed by atoms with E-state index >= 15 is 0 Å². The third-order valence-corrected chi connectivity index (χ3v) is 7.66. The number of benzene rings is 2. The summed E-state index contributed by atoms with van der Waals surface area (Å²) < 4.78 is 34.1. The number of rotatable bonds is 5. The van der Waals surface area contributed by atoms with E-state index in [1.165, 1.54) is 0 Å². The molecule has 1 aliphatic heterocycles. The Hall–Kier alpha value is -2.12. The smallest absolute Gasteiger partial charge is 0.236 e. The first kappa shape index (κ1) is 21.1. The first-order valence-electron chi connectivity index (χ1n) is 10.3. The normalized spacial score (nSPS) is 15.2. The van der Waals surface area contributed by atoms with Crippen LogP contribution in [0.2, 0.25) is 0 Å². The second kappa shape index (κ2) is 8.94. The van der Waals surface area contributed by atoms with E-state index in [-0.39, 0.29) is 9.92 Å². The number of aryl methyl sites for hydroxylation is 1. The predicted molar refractivity (Wildman–Crippen MR) is 122 cm³/mol. The number of aromatic nitrogens is 1. The Morgan fingerprint density at radius 1 is 0.967 bits per heavy atom. The van der Waals surface area contributed by atoms with Crippen LogP contribution < -0.4 is 4.90 Å². The fourth-order valence-electron chi connectivity index (χ4n) is 3.68. The van der Waals surface area contributed by atoms with Gasteiger partial charge in [-0.1, -0.05) is 47.8 Å². The molecule has 3 aromatic rings. The summed E-state index contributed by atoms with van der Waals surface area (Å²) in [5.74, 6) is 0.680. The van der Waals surface area contributed by atoms with Crippen LogP contribution in [-0.4, -0.2) is 26.5 Å². The summed E-state index contributed by atoms with van der Waals surface area (Å²) >= 11 is 3.43. The molecule has 0 aliphatic carbocycles. The maximum Gasteiger partial charge on any atom is 0.236 e. The van der Waals surface area contributed by atoms with Gasteiger partial charge in [-0.15, -0.1) is 0 Å². The molecular weight excluding hydrogens is 464 g/mol. The maximum absolute atomic E-state index is 13.5. The molecule has 0 atom stereocenters. The van der Waals surface area contributed by atoms with Crippen LogP contribution >= 0.6 is 15.9 Å². The molecule has 0 unspecified atom stereocenters. The van der Waals surface area contributed by atoms with E-state index in [0.717, 1.165) is 60.8 Å². The lowest BCUT2D eigenvalue weighted by molar-refractivity contribution is 0.543. The number of anilines is 1. The van der Waals surface area contributed by atoms with Gasteiger partial charge >= 0.3 is 0 Å². The molecule has 0 bridgehead atoms. The Morgan fingerprint density at radius 2 is 1.60 bits per heavy atom. The van der Waals surface area contributed by atoms with Gasteiger partial charge in [-0.3, -0.25) is 0 Å². The van der Waals surface area contributed by atoms with Crippen molar-refractivity contribution in [3.05, 3.63) is 58.6 Å². The second-order valence-corrected chi connectivity index (χ2v) is 10.3. The minimum atomic E-state index is -3.81. The number of oxazole rings is 1. The van der Waals surface area contributed by atoms with Crippen molar-refractivity contribution in [1.29, 1.82) is 0 Å². The highest BCUT2D eigenvalue weighted by molar-refractivity contribution is 9.10. The van der Waals surface area contributed by atoms with E-state index in [9.17, 15) is 8.42 Å². The van der Waals surface area contributed by atoms with Crippen molar-refractivity contribution in [3.8, 4) is 11.5 Å². The lowest BCUT2D eigenvalue weighted by Gasteiger charge is -2.20. The molecule has 5 nitrogen and oxygen atoms in total. The van der Waals surface area contributed by atoms with Crippen molar-refractivity contribution in [3.63, 3.8) is 0 Å². The van der Waals surface area contributed by atoms with E-state index in [1.54, 1.807) is 12.1 Å². The average molecular weight is 489 g/mol. The Labute approximate surface area is 186 Å². The van der Waals surface area contributed by atoms with E-state index in [1.807, 2.05) is 48.2 Å². The van der Waals surface area contributed by atoms with Gasteiger partial charge in [-0.2, -0.15) is 4.98 Å². The molecular formula is C23H25BrN2O3S. The molecule has 1 saturated heterocycles. The van der Waals surface area contributed by atoms with Gasteiger partial charge in [0.15, 0.2) is 0 Å². The van der Waals surface area contributed by atoms with E-state index in [2.05, 4.69) is 20.9 Å². The minimum absolute atomic E-state index is 0.00608. The van der Waals surface area contributed by atoms with Gasteiger partial charge in [0.1, 0.15) is 0 Å². The lowest BCUT2D eigenvalue weighted by atomic mass is 10.2. The molecule has 30 heavy (non-hydrogen) atoms. The van der Waals surface area contributed by atoms with Gasteiger partial charge in [0.25, 0.3) is 0 Å². The molecule has 1 fully saturated rings. The van der Waals surface area contributed by atoms with E-state index in [0.29, 0.717) is 11.8 Å². The van der Waals surface area contributed by atoms with Crippen LogP contribution in [0.3, 0.4) is 0 Å². The summed E-state index contributed by atoms with van der Waals surface area (Å²) in [6.07, 6.45) is 5.17. The Morgan fingerprint density at radius 3 is 2.20 bits per heavy atom. The Balaban J connectivity index is 1.82. The van der Waals surface area contributed by atoms with Crippen LogP contribution in [0.25, 0.3) is 11.5 Å². The van der Waals surface area contributed by atoms with Crippen molar-refractivity contribution >= 4 is 31.7 Å². The first-order chi connectivity index (χ1) is 14.5. The van der Waals surface area contributed by atoms with Gasteiger partial charge < -0.3 is 9.32 Å². The minimum Gasteiger partial charge on any atom is -0.419 e. The maximum atomic E-state index is 13.5. The molecule has 0 N–H and O–H groups in total. The molecule has 1 aromatic heterocycles. The number of halogens is 1. The molecule has 2 aromatic carbocycles. The number of hydrogen-bond donors (Lipinski definition) is 0. The Bertz CT molecular complexity index is 1100. The highest BCUT2D eigenvalue weighted by Gasteiger charge is 2.31. The molecule has 0 amide bonds. The van der Waals surface area contributed by atoms with Crippen LogP contribution in [0.5, 0.6) is 0 Å². The number of nitrogens with zero attached hydrogens (tertiary/aromatic N) is 2. The third kappa shape index (κ3) is 4.32. The predicted octanol–water partition coefficient (Wildman–Crippen LogP) is 5.88. The van der Waals surface area contributed by atoms with Gasteiger partial charge in [-0.05, 0) is 61.2 Å². The van der Waals surface area contributed by atoms with Crippen molar-refractivity contribution in [2.24, 2.45) is 0 Å². The highest BCUT2D eigenvalue weighted by atomic mass is 79.9. The zero-order valence-electron chi connectivity index (χ0n) is 17.0. The first-order valence-corrected chi connectivity index (χ1v) is 12.6. The Kier molecular flexibility index (Phi) is 6.29. The highest BCUT2D eigenvalue weighted by Crippen LogP contribution is 2.36. The quantitative estimate of drug-likeness (QED) is 0.448. The lowest BCUT2D eigenvalue weighted by Crippen LogP contribution is -2.25. The zero-order valence-corrected chi connectivity index (χ0v) is 19.4. The van der Waals surface area contributed by atoms with Crippen molar-refractivity contribution in [2.75, 3.05) is 18.0 Å². The molecule has 0 radical (unpaired) electrons. The molecule has 158 valence electrons. The van der Waals surface area contributed by atoms with Crippen molar-refractivity contribution < 1.29 is 12.8 Å². The SMILES string of the molecule is CCc1ccc(S(=O)(=O)c2nc(-c3ccc(Br)cc3)oc2N2CCCCCC2)cc1. The molecule has 0 saturated carbocycles. The van der Waals surface area contributed by atoms with Gasteiger partial charge in [0, 0.05) is 23.1 Å². The second-order valence-electron chi connectivity index (χ2n) is 7.54. The summed E-state index contributed by atoms with van der Waals surface area (Å²) in [7, 11) is -3.81. The van der Waals surface area contributed by atoms with Crippen molar-refractivity contribution in [1.82, 2.24) is 4.98 Å². The molecule has 4 rings (SSSR count). The number of hydrogen-bond acceptors (Lipinski definition) is 5. The van der Waals surface area contributed by atoms with Gasteiger partial charge in [-0.25, -0.2) is 8.42 Å². The summed E-state index contributed by atoms with van der Waals surface area (Å²) in [5.41, 5.74) is 1.84. The van der Waals surface area contributed by atoms with Crippen LogP contribution in [0.1, 0.15) is 38.2 Å². The summed E-state index contributed by atoms with van der Waals surface area (Å²) in [4.78, 5) is 6.77. The van der Waals surface area contributed by atoms with Gasteiger partial charge in [0.05, 0.1) is 4.90 Å². The number of sulfone groups is 1. The standard InChI is InChI=1S/C23H25BrN2O3S/c1-2-17-7-13-20(14-8-17)30(27,28)22-23(26-15-5-3-4-6-16-26)29-21(25-22)18-9-11-19(24)12-10-18/h7-14H,2-6,15-16H2,1H3. The fraction of sp³-hybridized carbons (Fsp3) is 0.348. The fourth-order valence-corrected chi connectivity index (χ4v) is 5.26. The van der Waals surface area contributed by atoms with E-state index < -0.39 is 9.84 Å². The van der Waals surface area contributed by atoms with Crippen LogP contribution in [0.15, 0.2) is 67.3 Å². The molecule has 1 aliphatic rings. The molecule has 2 heterocycles. The molecule has 0 spiro atoms. The zero-order chi connectivity index (χ0) is 21.1. The van der Waals surface area contributed by atoms with Crippen molar-refractivity contribution in [2.45, 2.75) is 48.9 Å². The van der Waals surface area contributed by atoms with E-state index in [4.69, 9.17) is 4.42 Å². The largest absolute Gasteiger partial charge is 0.419 e. The molecule has 7 heteroatoms. The monoisotopic (exact) mass is 488 g/mol. The van der Waals surface area contributed by atoms with Crippen LogP contribution in [0, 0.1) is 0 Å². The summed E-state index contributed by atoms with van der Waals surface area (Å²) in [6.45, 7) is 3.58. The topological polar surface area (TPSA) is 63.4 Å². The summed E-state index contributed by atoms with van der Waals surface area (Å²) in [5, 5.41) is 0.00608. The third-order valence-electron chi connectivity index (χ3n) is 5.46. The summed E-state index contributed by atoms with van der Waals surface area (Å²) in [6, 6.07) is 14.6. The van der Waals surface area contributed by atoms with Gasteiger partial charge in [0.2, 0.25) is 26.6 Å². The van der Waals surface area contributed by atoms with Crippen LogP contribution in [-0.2, 0) is 16.3 Å². The van der Waals surface area contributed by atoms with Crippen LogP contribution in [0.4, 0.5) is 5.88 Å². The average Bonchev–Trinajstić information content (AvgIpc) is 3.04.